The van der Waals surface area contributed by atoms with Crippen LogP contribution in [0.4, 0.5) is 0 Å². The third-order valence-electron chi connectivity index (χ3n) is 0.909. The Hall–Kier alpha value is 0.310. The Labute approximate surface area is 49.9 Å². The van der Waals surface area contributed by atoms with Gasteiger partial charge < -0.3 is 5.32 Å². The summed E-state index contributed by atoms with van der Waals surface area (Å²) in [5.41, 5.74) is 0. The topological polar surface area (TPSA) is 12.0 Å². The molecule has 0 spiro atoms. The van der Waals surface area contributed by atoms with Crippen LogP contribution in [0, 0.1) is 0 Å². The van der Waals surface area contributed by atoms with Crippen molar-refractivity contribution in [1.82, 2.24) is 5.32 Å². The molecule has 0 heterocycles. The molecule has 0 aromatic rings. The highest BCUT2D eigenvalue weighted by molar-refractivity contribution is 7.98. The number of rotatable bonds is 3. The molecule has 0 aliphatic heterocycles. The van der Waals surface area contributed by atoms with Gasteiger partial charge in [0.2, 0.25) is 0 Å². The van der Waals surface area contributed by atoms with Crippen molar-refractivity contribution in [3.05, 3.63) is 0 Å². The molecule has 0 aromatic carbocycles. The van der Waals surface area contributed by atoms with E-state index in [4.69, 9.17) is 0 Å². The summed E-state index contributed by atoms with van der Waals surface area (Å²) in [7, 11) is 1.99. The van der Waals surface area contributed by atoms with Crippen molar-refractivity contribution in [3.63, 3.8) is 0 Å². The van der Waals surface area contributed by atoms with Crippen LogP contribution >= 0.6 is 11.8 Å². The van der Waals surface area contributed by atoms with E-state index in [0.29, 0.717) is 6.04 Å². The van der Waals surface area contributed by atoms with Crippen molar-refractivity contribution in [3.8, 4) is 0 Å². The van der Waals surface area contributed by atoms with Gasteiger partial charge in [0.1, 0.15) is 0 Å². The van der Waals surface area contributed by atoms with Gasteiger partial charge in [0.05, 0.1) is 0 Å². The minimum Gasteiger partial charge on any atom is -0.316 e. The zero-order valence-electron chi connectivity index (χ0n) is 5.19. The van der Waals surface area contributed by atoms with E-state index in [1.165, 1.54) is 5.75 Å². The van der Waals surface area contributed by atoms with Gasteiger partial charge in [-0.2, -0.15) is 11.8 Å². The fraction of sp³-hybridized carbons (Fsp3) is 1.00. The van der Waals surface area contributed by atoms with E-state index < -0.39 is 0 Å². The first-order valence-electron chi connectivity index (χ1n) is 2.47. The average molecular weight is 119 g/mol. The van der Waals surface area contributed by atoms with Crippen LogP contribution < -0.4 is 5.32 Å². The van der Waals surface area contributed by atoms with Gasteiger partial charge in [-0.25, -0.2) is 0 Å². The summed E-state index contributed by atoms with van der Waals surface area (Å²) in [4.78, 5) is 0. The fourth-order valence-corrected chi connectivity index (χ4v) is 1.000. The lowest BCUT2D eigenvalue weighted by Crippen LogP contribution is -2.23. The van der Waals surface area contributed by atoms with Crippen molar-refractivity contribution in [2.75, 3.05) is 19.1 Å². The normalized spacial score (nSPS) is 14.1. The SMILES string of the molecule is CN[C@H](C)CSC. The van der Waals surface area contributed by atoms with Crippen LogP contribution in [-0.2, 0) is 0 Å². The van der Waals surface area contributed by atoms with Crippen molar-refractivity contribution in [2.45, 2.75) is 13.0 Å². The van der Waals surface area contributed by atoms with Crippen LogP contribution in [0.5, 0.6) is 0 Å². The van der Waals surface area contributed by atoms with Crippen molar-refractivity contribution >= 4 is 11.8 Å². The predicted molar refractivity (Wildman–Crippen MR) is 36.9 cm³/mol. The molecule has 0 fully saturated rings. The molecule has 1 N–H and O–H groups in total. The molecule has 0 amide bonds. The lowest BCUT2D eigenvalue weighted by molar-refractivity contribution is 0.678. The maximum absolute atomic E-state index is 3.14. The summed E-state index contributed by atoms with van der Waals surface area (Å²) in [5, 5.41) is 3.14. The van der Waals surface area contributed by atoms with Crippen molar-refractivity contribution < 1.29 is 0 Å². The third kappa shape index (κ3) is 4.16. The second-order valence-electron chi connectivity index (χ2n) is 1.65. The van der Waals surface area contributed by atoms with Gasteiger partial charge in [-0.1, -0.05) is 0 Å². The van der Waals surface area contributed by atoms with Crippen LogP contribution in [-0.4, -0.2) is 25.1 Å². The maximum atomic E-state index is 3.14. The molecule has 0 bridgehead atoms. The Bertz CT molecular complexity index is 39.1. The molecule has 7 heavy (non-hydrogen) atoms. The molecule has 44 valence electrons. The first-order valence-corrected chi connectivity index (χ1v) is 3.87. The summed E-state index contributed by atoms with van der Waals surface area (Å²) < 4.78 is 0. The monoisotopic (exact) mass is 119 g/mol. The first kappa shape index (κ1) is 7.31. The van der Waals surface area contributed by atoms with Crippen molar-refractivity contribution in [1.29, 1.82) is 0 Å². The van der Waals surface area contributed by atoms with E-state index in [-0.39, 0.29) is 0 Å². The minimum atomic E-state index is 0.662. The molecular weight excluding hydrogens is 106 g/mol. The molecule has 0 radical (unpaired) electrons. The predicted octanol–water partition coefficient (Wildman–Crippen LogP) is 0.957. The summed E-state index contributed by atoms with van der Waals surface area (Å²) in [5.74, 6) is 1.20. The van der Waals surface area contributed by atoms with Gasteiger partial charge in [-0.3, -0.25) is 0 Å². The molecule has 0 aliphatic carbocycles. The van der Waals surface area contributed by atoms with E-state index in [1.54, 1.807) is 0 Å². The van der Waals surface area contributed by atoms with E-state index in [1.807, 2.05) is 18.8 Å². The van der Waals surface area contributed by atoms with Gasteiger partial charge in [0, 0.05) is 11.8 Å². The highest BCUT2D eigenvalue weighted by Gasteiger charge is 1.91. The lowest BCUT2D eigenvalue weighted by atomic mass is 10.4. The molecule has 0 saturated carbocycles. The summed E-state index contributed by atoms with van der Waals surface area (Å²) >= 11 is 1.87. The number of thioether (sulfide) groups is 1. The van der Waals surface area contributed by atoms with E-state index in [2.05, 4.69) is 18.5 Å². The molecule has 0 aliphatic rings. The van der Waals surface area contributed by atoms with Crippen LogP contribution in [0.3, 0.4) is 0 Å². The average Bonchev–Trinajstić information content (AvgIpc) is 1.68. The molecule has 1 atom stereocenters. The van der Waals surface area contributed by atoms with Crippen LogP contribution in [0.15, 0.2) is 0 Å². The summed E-state index contributed by atoms with van der Waals surface area (Å²) in [6.45, 7) is 2.18. The Morgan fingerprint density at radius 1 is 1.71 bits per heavy atom. The number of hydrogen-bond donors (Lipinski definition) is 1. The fourth-order valence-electron chi connectivity index (χ4n) is 0.333. The van der Waals surface area contributed by atoms with Crippen molar-refractivity contribution in [2.24, 2.45) is 0 Å². The number of hydrogen-bond acceptors (Lipinski definition) is 2. The molecule has 0 unspecified atom stereocenters. The lowest BCUT2D eigenvalue weighted by Gasteiger charge is -2.05. The van der Waals surface area contributed by atoms with Crippen LogP contribution in [0.1, 0.15) is 6.92 Å². The molecule has 2 heteroatoms. The van der Waals surface area contributed by atoms with Crippen LogP contribution in [0.2, 0.25) is 0 Å². The Kier molecular flexibility index (Phi) is 4.67. The summed E-state index contributed by atoms with van der Waals surface area (Å²) in [6, 6.07) is 0.662. The summed E-state index contributed by atoms with van der Waals surface area (Å²) in [6.07, 6.45) is 2.12. The smallest absolute Gasteiger partial charge is 0.0126 e. The third-order valence-corrected chi connectivity index (χ3v) is 1.74. The van der Waals surface area contributed by atoms with Gasteiger partial charge in [-0.15, -0.1) is 0 Å². The largest absolute Gasteiger partial charge is 0.316 e. The highest BCUT2D eigenvalue weighted by Crippen LogP contribution is 1.93. The Balaban J connectivity index is 2.83. The second-order valence-corrected chi connectivity index (χ2v) is 2.56. The molecule has 0 rings (SSSR count). The van der Waals surface area contributed by atoms with E-state index in [0.717, 1.165) is 0 Å². The molecule has 1 nitrogen and oxygen atoms in total. The molecular formula is C5H13NS. The Morgan fingerprint density at radius 2 is 2.29 bits per heavy atom. The molecule has 0 saturated heterocycles. The maximum Gasteiger partial charge on any atom is 0.0126 e. The highest BCUT2D eigenvalue weighted by atomic mass is 32.2. The quantitative estimate of drug-likeness (QED) is 0.594. The first-order chi connectivity index (χ1) is 3.31. The van der Waals surface area contributed by atoms with Gasteiger partial charge in [-0.05, 0) is 20.2 Å². The second kappa shape index (κ2) is 4.47. The molecule has 0 aromatic heterocycles. The van der Waals surface area contributed by atoms with Gasteiger partial charge in [0.15, 0.2) is 0 Å². The van der Waals surface area contributed by atoms with Gasteiger partial charge >= 0.3 is 0 Å². The zero-order valence-corrected chi connectivity index (χ0v) is 6.01. The minimum absolute atomic E-state index is 0.662. The van der Waals surface area contributed by atoms with Gasteiger partial charge in [0.25, 0.3) is 0 Å². The van der Waals surface area contributed by atoms with E-state index >= 15 is 0 Å². The Morgan fingerprint density at radius 3 is 2.43 bits per heavy atom. The van der Waals surface area contributed by atoms with E-state index in [9.17, 15) is 0 Å². The standard InChI is InChI=1S/C5H13NS/c1-5(6-2)4-7-3/h5-6H,4H2,1-3H3/t5-/m1/s1. The zero-order chi connectivity index (χ0) is 5.70. The van der Waals surface area contributed by atoms with Crippen LogP contribution in [0.25, 0.3) is 0 Å². The number of nitrogens with one attached hydrogen (secondary N) is 1.